The van der Waals surface area contributed by atoms with Crippen LogP contribution in [0.2, 0.25) is 0 Å². The highest BCUT2D eigenvalue weighted by atomic mass is 35.5. The number of hydrogen-bond donors (Lipinski definition) is 0. The third-order valence-electron chi connectivity index (χ3n) is 2.92. The van der Waals surface area contributed by atoms with Gasteiger partial charge in [-0.05, 0) is 6.42 Å². The Morgan fingerprint density at radius 2 is 2.19 bits per heavy atom. The molecule has 0 aromatic rings. The van der Waals surface area contributed by atoms with E-state index in [9.17, 15) is 13.6 Å². The number of alkyl halides is 3. The van der Waals surface area contributed by atoms with Gasteiger partial charge >= 0.3 is 0 Å². The van der Waals surface area contributed by atoms with Crippen LogP contribution in [0.5, 0.6) is 0 Å². The zero-order chi connectivity index (χ0) is 12.1. The molecule has 1 unspecified atom stereocenters. The van der Waals surface area contributed by atoms with E-state index in [-0.39, 0.29) is 24.4 Å². The molecule has 0 N–H and O–H groups in total. The van der Waals surface area contributed by atoms with Gasteiger partial charge < -0.3 is 4.90 Å². The number of carbonyl (C=O) groups is 1. The molecule has 1 aliphatic heterocycles. The molecule has 3 nitrogen and oxygen atoms in total. The van der Waals surface area contributed by atoms with E-state index in [1.807, 2.05) is 6.92 Å². The summed E-state index contributed by atoms with van der Waals surface area (Å²) in [7, 11) is 0. The number of piperazine rings is 1. The van der Waals surface area contributed by atoms with Crippen LogP contribution in [0.1, 0.15) is 13.3 Å². The van der Waals surface area contributed by atoms with Crippen molar-refractivity contribution in [1.82, 2.24) is 9.80 Å². The average Bonchev–Trinajstić information content (AvgIpc) is 2.27. The van der Waals surface area contributed by atoms with Crippen molar-refractivity contribution in [3.05, 3.63) is 0 Å². The fraction of sp³-hybridized carbons (Fsp3) is 0.900. The minimum atomic E-state index is -2.32. The topological polar surface area (TPSA) is 23.6 Å². The van der Waals surface area contributed by atoms with Crippen LogP contribution in [0.25, 0.3) is 0 Å². The molecule has 1 amide bonds. The predicted octanol–water partition coefficient (Wildman–Crippen LogP) is 1.41. The molecule has 1 atom stereocenters. The lowest BCUT2D eigenvalue weighted by Gasteiger charge is -2.40. The highest BCUT2D eigenvalue weighted by Gasteiger charge is 2.29. The number of hydrogen-bond acceptors (Lipinski definition) is 2. The number of rotatable bonds is 4. The lowest BCUT2D eigenvalue weighted by molar-refractivity contribution is -0.131. The summed E-state index contributed by atoms with van der Waals surface area (Å²) in [5, 5.41) is 0. The van der Waals surface area contributed by atoms with E-state index in [1.165, 1.54) is 0 Å². The van der Waals surface area contributed by atoms with Gasteiger partial charge in [0.15, 0.2) is 0 Å². The van der Waals surface area contributed by atoms with Gasteiger partial charge in [-0.3, -0.25) is 9.69 Å². The average molecular weight is 255 g/mol. The molecule has 6 heteroatoms. The Balaban J connectivity index is 2.53. The van der Waals surface area contributed by atoms with E-state index in [0.29, 0.717) is 19.6 Å². The molecule has 0 radical (unpaired) electrons. The minimum absolute atomic E-state index is 0.0231. The minimum Gasteiger partial charge on any atom is -0.339 e. The molecule has 1 rings (SSSR count). The van der Waals surface area contributed by atoms with Crippen LogP contribution in [0.15, 0.2) is 0 Å². The second-order valence-corrected chi connectivity index (χ2v) is 4.19. The Hall–Kier alpha value is -0.420. The van der Waals surface area contributed by atoms with Gasteiger partial charge in [0.2, 0.25) is 5.91 Å². The van der Waals surface area contributed by atoms with Crippen molar-refractivity contribution >= 4 is 17.5 Å². The van der Waals surface area contributed by atoms with Gasteiger partial charge in [0.05, 0.1) is 6.54 Å². The Kier molecular flexibility index (Phi) is 5.41. The van der Waals surface area contributed by atoms with Crippen molar-refractivity contribution in [2.75, 3.05) is 32.1 Å². The van der Waals surface area contributed by atoms with Gasteiger partial charge in [-0.25, -0.2) is 8.78 Å². The molecule has 0 aliphatic carbocycles. The summed E-state index contributed by atoms with van der Waals surface area (Å²) in [5.74, 6) is -0.150. The van der Waals surface area contributed by atoms with E-state index in [4.69, 9.17) is 11.6 Å². The third-order valence-corrected chi connectivity index (χ3v) is 3.14. The van der Waals surface area contributed by atoms with Gasteiger partial charge in [-0.1, -0.05) is 6.92 Å². The zero-order valence-electron chi connectivity index (χ0n) is 9.33. The standard InChI is InChI=1S/C10H17ClF2N2O/c1-2-8-6-15(10(16)5-11)4-3-14(8)7-9(12)13/h8-9H,2-7H2,1H3. The number of carbonyl (C=O) groups excluding carboxylic acids is 1. The molecular weight excluding hydrogens is 238 g/mol. The highest BCUT2D eigenvalue weighted by Crippen LogP contribution is 2.14. The summed E-state index contributed by atoms with van der Waals surface area (Å²) in [5.41, 5.74) is 0. The first kappa shape index (κ1) is 13.6. The van der Waals surface area contributed by atoms with Crippen molar-refractivity contribution in [2.24, 2.45) is 0 Å². The number of halogens is 3. The SMILES string of the molecule is CCC1CN(C(=O)CCl)CCN1CC(F)F. The zero-order valence-corrected chi connectivity index (χ0v) is 10.1. The third kappa shape index (κ3) is 3.56. The van der Waals surface area contributed by atoms with Crippen LogP contribution in [0.3, 0.4) is 0 Å². The lowest BCUT2D eigenvalue weighted by atomic mass is 10.1. The number of amides is 1. The van der Waals surface area contributed by atoms with Crippen molar-refractivity contribution in [1.29, 1.82) is 0 Å². The van der Waals surface area contributed by atoms with Crippen LogP contribution in [-0.2, 0) is 4.79 Å². The summed E-state index contributed by atoms with van der Waals surface area (Å²) >= 11 is 5.47. The molecule has 1 saturated heterocycles. The van der Waals surface area contributed by atoms with Gasteiger partial charge in [0.25, 0.3) is 6.43 Å². The van der Waals surface area contributed by atoms with Crippen LogP contribution in [0.4, 0.5) is 8.78 Å². The van der Waals surface area contributed by atoms with Crippen LogP contribution < -0.4 is 0 Å². The molecule has 1 heterocycles. The molecule has 94 valence electrons. The van der Waals surface area contributed by atoms with E-state index < -0.39 is 6.43 Å². The van der Waals surface area contributed by atoms with E-state index in [2.05, 4.69) is 0 Å². The smallest absolute Gasteiger partial charge is 0.251 e. The van der Waals surface area contributed by atoms with Gasteiger partial charge in [0, 0.05) is 25.7 Å². The Morgan fingerprint density at radius 1 is 1.50 bits per heavy atom. The summed E-state index contributed by atoms with van der Waals surface area (Å²) in [6.07, 6.45) is -1.55. The molecule has 0 aromatic heterocycles. The van der Waals surface area contributed by atoms with E-state index in [1.54, 1.807) is 9.80 Å². The van der Waals surface area contributed by atoms with Crippen molar-refractivity contribution in [3.8, 4) is 0 Å². The fourth-order valence-electron chi connectivity index (χ4n) is 2.01. The maximum Gasteiger partial charge on any atom is 0.251 e. The van der Waals surface area contributed by atoms with Gasteiger partial charge in [0.1, 0.15) is 5.88 Å². The van der Waals surface area contributed by atoms with Crippen molar-refractivity contribution in [3.63, 3.8) is 0 Å². The van der Waals surface area contributed by atoms with Gasteiger partial charge in [-0.15, -0.1) is 11.6 Å². The highest BCUT2D eigenvalue weighted by molar-refractivity contribution is 6.27. The first-order chi connectivity index (χ1) is 7.58. The molecule has 1 fully saturated rings. The van der Waals surface area contributed by atoms with Crippen LogP contribution in [0, 0.1) is 0 Å². The second kappa shape index (κ2) is 6.35. The summed E-state index contributed by atoms with van der Waals surface area (Å²) in [6.45, 7) is 3.24. The van der Waals surface area contributed by atoms with E-state index >= 15 is 0 Å². The molecule has 16 heavy (non-hydrogen) atoms. The normalized spacial score (nSPS) is 22.8. The number of nitrogens with zero attached hydrogens (tertiary/aromatic N) is 2. The second-order valence-electron chi connectivity index (χ2n) is 3.92. The Labute approximate surface area is 99.3 Å². The molecule has 0 aromatic carbocycles. The quantitative estimate of drug-likeness (QED) is 0.709. The largest absolute Gasteiger partial charge is 0.339 e. The molecule has 1 aliphatic rings. The van der Waals surface area contributed by atoms with Crippen molar-refractivity contribution in [2.45, 2.75) is 25.8 Å². The summed E-state index contributed by atoms with van der Waals surface area (Å²) in [4.78, 5) is 14.8. The Morgan fingerprint density at radius 3 is 2.69 bits per heavy atom. The van der Waals surface area contributed by atoms with Crippen LogP contribution >= 0.6 is 11.6 Å². The summed E-state index contributed by atoms with van der Waals surface area (Å²) < 4.78 is 24.6. The lowest BCUT2D eigenvalue weighted by Crippen LogP contribution is -2.55. The molecule has 0 spiro atoms. The molecule has 0 bridgehead atoms. The van der Waals surface area contributed by atoms with Gasteiger partial charge in [-0.2, -0.15) is 0 Å². The maximum atomic E-state index is 12.3. The first-order valence-corrected chi connectivity index (χ1v) is 5.97. The fourth-order valence-corrected chi connectivity index (χ4v) is 2.18. The first-order valence-electron chi connectivity index (χ1n) is 5.44. The summed E-state index contributed by atoms with van der Waals surface area (Å²) in [6, 6.07) is 0.0231. The maximum absolute atomic E-state index is 12.3. The molecular formula is C10H17ClF2N2O. The van der Waals surface area contributed by atoms with E-state index in [0.717, 1.165) is 6.42 Å². The molecule has 0 saturated carbocycles. The predicted molar refractivity (Wildman–Crippen MR) is 59.0 cm³/mol. The Bertz CT molecular complexity index is 241. The van der Waals surface area contributed by atoms with Crippen LogP contribution in [-0.4, -0.2) is 60.2 Å². The van der Waals surface area contributed by atoms with Crippen molar-refractivity contribution < 1.29 is 13.6 Å². The monoisotopic (exact) mass is 254 g/mol.